The van der Waals surface area contributed by atoms with Gasteiger partial charge in [0, 0.05) is 12.1 Å². The molecule has 1 aromatic carbocycles. The number of hydrogen-bond donors (Lipinski definition) is 1. The molecule has 0 aliphatic carbocycles. The second-order valence-corrected chi connectivity index (χ2v) is 4.69. The summed E-state index contributed by atoms with van der Waals surface area (Å²) in [6.45, 7) is 1.26. The third-order valence-corrected chi connectivity index (χ3v) is 3.18. The monoisotopic (exact) mass is 301 g/mol. The molecule has 0 bridgehead atoms. The van der Waals surface area contributed by atoms with Crippen molar-refractivity contribution in [1.29, 1.82) is 0 Å². The minimum absolute atomic E-state index is 0.137. The molecule has 0 unspecified atom stereocenters. The lowest BCUT2D eigenvalue weighted by atomic mass is 10.0. The van der Waals surface area contributed by atoms with Crippen molar-refractivity contribution in [2.45, 2.75) is 13.3 Å². The fourth-order valence-electron chi connectivity index (χ4n) is 1.56. The van der Waals surface area contributed by atoms with Crippen LogP contribution in [0.25, 0.3) is 0 Å². The van der Waals surface area contributed by atoms with Crippen molar-refractivity contribution >= 4 is 35.0 Å². The van der Waals surface area contributed by atoms with E-state index in [1.165, 1.54) is 14.0 Å². The number of hydrogen-bond acceptors (Lipinski definition) is 4. The molecule has 0 amide bonds. The molecular weight excluding hydrogens is 289 g/mol. The predicted octanol–water partition coefficient (Wildman–Crippen LogP) is 2.51. The molecule has 2 N–H and O–H groups in total. The normalized spacial score (nSPS) is 11.8. The molecule has 0 aromatic heterocycles. The molecule has 0 aliphatic heterocycles. The van der Waals surface area contributed by atoms with Crippen LogP contribution in [0.15, 0.2) is 29.5 Å². The maximum atomic E-state index is 11.5. The zero-order chi connectivity index (χ0) is 14.6. The number of rotatable bonds is 4. The highest BCUT2D eigenvalue weighted by Crippen LogP contribution is 2.23. The number of allylic oxidation sites excluding steroid dienone is 1. The van der Waals surface area contributed by atoms with Gasteiger partial charge >= 0.3 is 5.97 Å². The van der Waals surface area contributed by atoms with Gasteiger partial charge in [0.2, 0.25) is 0 Å². The van der Waals surface area contributed by atoms with Crippen molar-refractivity contribution in [3.63, 3.8) is 0 Å². The van der Waals surface area contributed by atoms with Crippen LogP contribution >= 0.6 is 23.2 Å². The van der Waals surface area contributed by atoms with E-state index >= 15 is 0 Å². The molecule has 0 aliphatic rings. The van der Waals surface area contributed by atoms with Crippen molar-refractivity contribution < 1.29 is 14.3 Å². The standard InChI is InChI=1S/C13H13Cl2NO3/c1-7(17)12(13(18)19-2)11(16)6-8-3-4-9(14)10(15)5-8/h3-5H,6,16H2,1-2H3. The van der Waals surface area contributed by atoms with Crippen LogP contribution < -0.4 is 5.73 Å². The number of nitrogens with two attached hydrogens (primary N) is 1. The molecule has 0 radical (unpaired) electrons. The largest absolute Gasteiger partial charge is 0.465 e. The Morgan fingerprint density at radius 2 is 1.89 bits per heavy atom. The fraction of sp³-hybridized carbons (Fsp3) is 0.231. The summed E-state index contributed by atoms with van der Waals surface area (Å²) in [5.41, 5.74) is 6.53. The van der Waals surface area contributed by atoms with E-state index in [1.54, 1.807) is 18.2 Å². The smallest absolute Gasteiger partial charge is 0.343 e. The summed E-state index contributed by atoms with van der Waals surface area (Å²) in [5, 5.41) is 0.808. The molecule has 0 spiro atoms. The molecule has 0 heterocycles. The lowest BCUT2D eigenvalue weighted by molar-refractivity contribution is -0.137. The number of halogens is 2. The quantitative estimate of drug-likeness (QED) is 0.401. The molecule has 102 valence electrons. The number of ether oxygens (including phenoxy) is 1. The Morgan fingerprint density at radius 3 is 2.37 bits per heavy atom. The summed E-state index contributed by atoms with van der Waals surface area (Å²) in [6.07, 6.45) is 0.209. The summed E-state index contributed by atoms with van der Waals surface area (Å²) in [4.78, 5) is 22.9. The number of Topliss-reactive ketones (excluding diaryl/α,β-unsaturated/α-hetero) is 1. The summed E-state index contributed by atoms with van der Waals surface area (Å²) in [7, 11) is 1.19. The number of ketones is 1. The Morgan fingerprint density at radius 1 is 1.26 bits per heavy atom. The molecule has 0 atom stereocenters. The highest BCUT2D eigenvalue weighted by molar-refractivity contribution is 6.42. The molecule has 0 saturated heterocycles. The van der Waals surface area contributed by atoms with E-state index in [0.29, 0.717) is 10.0 Å². The topological polar surface area (TPSA) is 69.4 Å². The third kappa shape index (κ3) is 3.98. The van der Waals surface area contributed by atoms with Crippen LogP contribution in [0, 0.1) is 0 Å². The first-order chi connectivity index (χ1) is 8.86. The summed E-state index contributed by atoms with van der Waals surface area (Å²) < 4.78 is 4.53. The Kier molecular flexibility index (Phi) is 5.39. The van der Waals surface area contributed by atoms with Gasteiger partial charge in [-0.25, -0.2) is 4.79 Å². The minimum atomic E-state index is -0.745. The highest BCUT2D eigenvalue weighted by atomic mass is 35.5. The van der Waals surface area contributed by atoms with Crippen molar-refractivity contribution in [3.8, 4) is 0 Å². The van der Waals surface area contributed by atoms with E-state index in [1.807, 2.05) is 0 Å². The van der Waals surface area contributed by atoms with Gasteiger partial charge in [0.25, 0.3) is 0 Å². The molecule has 19 heavy (non-hydrogen) atoms. The molecule has 6 heteroatoms. The van der Waals surface area contributed by atoms with E-state index in [0.717, 1.165) is 5.56 Å². The van der Waals surface area contributed by atoms with Crippen molar-refractivity contribution in [2.24, 2.45) is 5.73 Å². The van der Waals surface area contributed by atoms with Crippen LogP contribution in [0.5, 0.6) is 0 Å². The zero-order valence-corrected chi connectivity index (χ0v) is 12.0. The van der Waals surface area contributed by atoms with Gasteiger partial charge in [0.1, 0.15) is 5.57 Å². The number of benzene rings is 1. The van der Waals surface area contributed by atoms with E-state index in [4.69, 9.17) is 28.9 Å². The van der Waals surface area contributed by atoms with E-state index in [2.05, 4.69) is 4.74 Å². The van der Waals surface area contributed by atoms with Gasteiger partial charge in [0.05, 0.1) is 17.2 Å². The van der Waals surface area contributed by atoms with E-state index in [9.17, 15) is 9.59 Å². The third-order valence-electron chi connectivity index (χ3n) is 2.44. The maximum Gasteiger partial charge on any atom is 0.343 e. The summed E-state index contributed by atoms with van der Waals surface area (Å²) in [5.74, 6) is -1.19. The predicted molar refractivity (Wildman–Crippen MR) is 74.1 cm³/mol. The second kappa shape index (κ2) is 6.59. The van der Waals surface area contributed by atoms with Gasteiger partial charge in [-0.15, -0.1) is 0 Å². The summed E-state index contributed by atoms with van der Waals surface area (Å²) >= 11 is 11.7. The van der Waals surface area contributed by atoms with Crippen LogP contribution in [0.4, 0.5) is 0 Å². The number of methoxy groups -OCH3 is 1. The molecule has 0 saturated carbocycles. The van der Waals surface area contributed by atoms with Crippen molar-refractivity contribution in [3.05, 3.63) is 45.1 Å². The van der Waals surface area contributed by atoms with Gasteiger partial charge in [-0.05, 0) is 24.6 Å². The van der Waals surface area contributed by atoms with Crippen molar-refractivity contribution in [2.75, 3.05) is 7.11 Å². The Hall–Kier alpha value is -1.52. The second-order valence-electron chi connectivity index (χ2n) is 3.87. The van der Waals surface area contributed by atoms with Gasteiger partial charge in [-0.2, -0.15) is 0 Å². The van der Waals surface area contributed by atoms with Crippen LogP contribution in [0.1, 0.15) is 12.5 Å². The first-order valence-corrected chi connectivity index (χ1v) is 6.14. The average Bonchev–Trinajstić information content (AvgIpc) is 2.33. The van der Waals surface area contributed by atoms with E-state index in [-0.39, 0.29) is 17.7 Å². The van der Waals surface area contributed by atoms with Gasteiger partial charge < -0.3 is 10.5 Å². The Labute approximate surface area is 121 Å². The number of carbonyl (C=O) groups is 2. The summed E-state index contributed by atoms with van der Waals surface area (Å²) in [6, 6.07) is 4.97. The highest BCUT2D eigenvalue weighted by Gasteiger charge is 2.19. The van der Waals surface area contributed by atoms with Crippen LogP contribution in [0.2, 0.25) is 10.0 Å². The van der Waals surface area contributed by atoms with Crippen LogP contribution in [-0.2, 0) is 20.7 Å². The lowest BCUT2D eigenvalue weighted by Gasteiger charge is -2.08. The lowest BCUT2D eigenvalue weighted by Crippen LogP contribution is -2.19. The SMILES string of the molecule is COC(=O)C(C(C)=O)=C(N)Cc1ccc(Cl)c(Cl)c1. The van der Waals surface area contributed by atoms with Gasteiger partial charge in [-0.1, -0.05) is 29.3 Å². The molecule has 4 nitrogen and oxygen atoms in total. The first kappa shape index (κ1) is 15.5. The molecule has 0 fully saturated rings. The fourth-order valence-corrected chi connectivity index (χ4v) is 1.88. The Bertz CT molecular complexity index is 553. The van der Waals surface area contributed by atoms with Gasteiger partial charge in [-0.3, -0.25) is 4.79 Å². The maximum absolute atomic E-state index is 11.5. The van der Waals surface area contributed by atoms with Crippen molar-refractivity contribution in [1.82, 2.24) is 0 Å². The van der Waals surface area contributed by atoms with Crippen LogP contribution in [-0.4, -0.2) is 18.9 Å². The van der Waals surface area contributed by atoms with Crippen LogP contribution in [0.3, 0.4) is 0 Å². The molecule has 1 aromatic rings. The minimum Gasteiger partial charge on any atom is -0.465 e. The molecule has 1 rings (SSSR count). The van der Waals surface area contributed by atoms with Gasteiger partial charge in [0.15, 0.2) is 5.78 Å². The van der Waals surface area contributed by atoms with E-state index < -0.39 is 11.8 Å². The molecular formula is C13H13Cl2NO3. The average molecular weight is 302 g/mol. The number of esters is 1. The zero-order valence-electron chi connectivity index (χ0n) is 10.5. The first-order valence-electron chi connectivity index (χ1n) is 5.38. The number of carbonyl (C=O) groups excluding carboxylic acids is 2. The Balaban J connectivity index is 3.09.